The van der Waals surface area contributed by atoms with E-state index in [1.165, 1.54) is 38.2 Å². The van der Waals surface area contributed by atoms with Gasteiger partial charge in [-0.2, -0.15) is 0 Å². The maximum Gasteiger partial charge on any atom is 0.225 e. The first-order valence-electron chi connectivity index (χ1n) is 8.31. The molecule has 1 saturated carbocycles. The summed E-state index contributed by atoms with van der Waals surface area (Å²) in [5.41, 5.74) is 0. The number of nitrogens with zero attached hydrogens (tertiary/aromatic N) is 1. The molecule has 0 spiro atoms. The first-order chi connectivity index (χ1) is 10.7. The largest absolute Gasteiger partial charge is 0.490 e. The Morgan fingerprint density at radius 3 is 2.50 bits per heavy atom. The van der Waals surface area contributed by atoms with Crippen molar-refractivity contribution in [1.82, 2.24) is 4.90 Å². The summed E-state index contributed by atoms with van der Waals surface area (Å²) in [6.45, 7) is 0.219. The van der Waals surface area contributed by atoms with Crippen LogP contribution in [-0.4, -0.2) is 30.5 Å². The highest BCUT2D eigenvalue weighted by molar-refractivity contribution is 5.76. The van der Waals surface area contributed by atoms with E-state index in [-0.39, 0.29) is 24.1 Å². The monoisotopic (exact) mass is 307 g/mol. The summed E-state index contributed by atoms with van der Waals surface area (Å²) in [7, 11) is 1.89. The molecule has 0 heterocycles. The SMILES string of the molecule is CN(C(=O)CCOc1ccccc1F)C1CCCCCCC1. The fraction of sp³-hybridized carbons (Fsp3) is 0.611. The highest BCUT2D eigenvalue weighted by atomic mass is 19.1. The molecule has 1 fully saturated rings. The Labute approximate surface area is 132 Å². The van der Waals surface area contributed by atoms with E-state index in [4.69, 9.17) is 4.74 Å². The van der Waals surface area contributed by atoms with Crippen LogP contribution in [0.25, 0.3) is 0 Å². The maximum absolute atomic E-state index is 13.4. The van der Waals surface area contributed by atoms with Gasteiger partial charge in [0, 0.05) is 13.1 Å². The van der Waals surface area contributed by atoms with Gasteiger partial charge in [0.05, 0.1) is 13.0 Å². The number of hydrogen-bond donors (Lipinski definition) is 0. The molecule has 0 unspecified atom stereocenters. The molecule has 1 aliphatic rings. The predicted octanol–water partition coefficient (Wildman–Crippen LogP) is 4.17. The van der Waals surface area contributed by atoms with Crippen LogP contribution in [0.5, 0.6) is 5.75 Å². The normalized spacial score (nSPS) is 16.6. The van der Waals surface area contributed by atoms with Crippen molar-refractivity contribution in [2.24, 2.45) is 0 Å². The first kappa shape index (κ1) is 16.8. The van der Waals surface area contributed by atoms with Crippen molar-refractivity contribution < 1.29 is 13.9 Å². The van der Waals surface area contributed by atoms with E-state index in [0.29, 0.717) is 12.5 Å². The number of rotatable bonds is 5. The van der Waals surface area contributed by atoms with Gasteiger partial charge in [-0.1, -0.05) is 44.2 Å². The average molecular weight is 307 g/mol. The van der Waals surface area contributed by atoms with E-state index in [9.17, 15) is 9.18 Å². The molecule has 3 nitrogen and oxygen atoms in total. The summed E-state index contributed by atoms with van der Waals surface area (Å²) >= 11 is 0. The molecule has 2 rings (SSSR count). The number of hydrogen-bond acceptors (Lipinski definition) is 2. The van der Waals surface area contributed by atoms with Crippen LogP contribution in [0.4, 0.5) is 4.39 Å². The third kappa shape index (κ3) is 5.00. The maximum atomic E-state index is 13.4. The molecule has 1 aromatic rings. The van der Waals surface area contributed by atoms with Crippen LogP contribution >= 0.6 is 0 Å². The van der Waals surface area contributed by atoms with Crippen molar-refractivity contribution in [3.8, 4) is 5.75 Å². The number of benzene rings is 1. The predicted molar refractivity (Wildman–Crippen MR) is 85.4 cm³/mol. The van der Waals surface area contributed by atoms with Gasteiger partial charge in [0.2, 0.25) is 5.91 Å². The summed E-state index contributed by atoms with van der Waals surface area (Å²) in [6, 6.07) is 6.63. The first-order valence-corrected chi connectivity index (χ1v) is 8.31. The number of carbonyl (C=O) groups is 1. The second-order valence-corrected chi connectivity index (χ2v) is 6.03. The second-order valence-electron chi connectivity index (χ2n) is 6.03. The molecular formula is C18H26FNO2. The molecule has 4 heteroatoms. The molecule has 0 saturated heterocycles. The summed E-state index contributed by atoms with van der Waals surface area (Å²) in [5, 5.41) is 0. The summed E-state index contributed by atoms with van der Waals surface area (Å²) in [4.78, 5) is 14.1. The van der Waals surface area contributed by atoms with Crippen molar-refractivity contribution in [2.75, 3.05) is 13.7 Å². The highest BCUT2D eigenvalue weighted by Crippen LogP contribution is 2.21. The summed E-state index contributed by atoms with van der Waals surface area (Å²) < 4.78 is 18.8. The van der Waals surface area contributed by atoms with Gasteiger partial charge in [0.25, 0.3) is 0 Å². The van der Waals surface area contributed by atoms with Gasteiger partial charge < -0.3 is 9.64 Å². The molecule has 0 aromatic heterocycles. The quantitative estimate of drug-likeness (QED) is 0.817. The fourth-order valence-corrected chi connectivity index (χ4v) is 3.01. The van der Waals surface area contributed by atoms with E-state index in [2.05, 4.69) is 0 Å². The Kier molecular flexibility index (Phi) is 6.69. The van der Waals surface area contributed by atoms with Gasteiger partial charge >= 0.3 is 0 Å². The summed E-state index contributed by atoms with van der Waals surface area (Å²) in [6.07, 6.45) is 8.75. The second kappa shape index (κ2) is 8.76. The molecule has 1 aliphatic carbocycles. The van der Waals surface area contributed by atoms with Crippen LogP contribution in [0.1, 0.15) is 51.4 Å². The van der Waals surface area contributed by atoms with E-state index in [1.807, 2.05) is 11.9 Å². The fourth-order valence-electron chi connectivity index (χ4n) is 3.01. The number of carbonyl (C=O) groups excluding carboxylic acids is 1. The van der Waals surface area contributed by atoms with Crippen LogP contribution < -0.4 is 4.74 Å². The third-order valence-electron chi connectivity index (χ3n) is 4.43. The van der Waals surface area contributed by atoms with Gasteiger partial charge in [-0.25, -0.2) is 4.39 Å². The smallest absolute Gasteiger partial charge is 0.225 e. The molecule has 122 valence electrons. The number of ether oxygens (including phenoxy) is 1. The minimum absolute atomic E-state index is 0.0851. The van der Waals surface area contributed by atoms with Crippen LogP contribution in [0.3, 0.4) is 0 Å². The standard InChI is InChI=1S/C18H26FNO2/c1-20(15-9-5-3-2-4-6-10-15)18(21)13-14-22-17-12-8-7-11-16(17)19/h7-8,11-12,15H,2-6,9-10,13-14H2,1H3. The third-order valence-corrected chi connectivity index (χ3v) is 4.43. The van der Waals surface area contributed by atoms with Crippen molar-refractivity contribution in [3.63, 3.8) is 0 Å². The number of para-hydroxylation sites is 1. The van der Waals surface area contributed by atoms with Gasteiger partial charge in [0.15, 0.2) is 11.6 Å². The minimum Gasteiger partial charge on any atom is -0.490 e. The molecule has 0 N–H and O–H groups in total. The van der Waals surface area contributed by atoms with Gasteiger partial charge in [-0.05, 0) is 25.0 Å². The molecule has 1 amide bonds. The highest BCUT2D eigenvalue weighted by Gasteiger charge is 2.20. The van der Waals surface area contributed by atoms with Crippen LogP contribution in [0.15, 0.2) is 24.3 Å². The van der Waals surface area contributed by atoms with Gasteiger partial charge in [-0.15, -0.1) is 0 Å². The van der Waals surface area contributed by atoms with E-state index in [0.717, 1.165) is 12.8 Å². The lowest BCUT2D eigenvalue weighted by Gasteiger charge is -2.29. The molecule has 1 aromatic carbocycles. The van der Waals surface area contributed by atoms with Crippen LogP contribution in [0, 0.1) is 5.82 Å². The average Bonchev–Trinajstić information content (AvgIpc) is 2.48. The molecule has 0 bridgehead atoms. The van der Waals surface area contributed by atoms with E-state index in [1.54, 1.807) is 18.2 Å². The lowest BCUT2D eigenvalue weighted by molar-refractivity contribution is -0.132. The van der Waals surface area contributed by atoms with Crippen molar-refractivity contribution in [1.29, 1.82) is 0 Å². The molecular weight excluding hydrogens is 281 g/mol. The molecule has 0 radical (unpaired) electrons. The molecule has 0 aliphatic heterocycles. The molecule has 22 heavy (non-hydrogen) atoms. The zero-order valence-electron chi connectivity index (χ0n) is 13.4. The summed E-state index contributed by atoms with van der Waals surface area (Å²) in [5.74, 6) is -0.0888. The van der Waals surface area contributed by atoms with Gasteiger partial charge in [-0.3, -0.25) is 4.79 Å². The van der Waals surface area contributed by atoms with Crippen LogP contribution in [0.2, 0.25) is 0 Å². The Balaban J connectivity index is 1.77. The Hall–Kier alpha value is -1.58. The lowest BCUT2D eigenvalue weighted by atomic mass is 9.96. The van der Waals surface area contributed by atoms with Crippen molar-refractivity contribution >= 4 is 5.91 Å². The lowest BCUT2D eigenvalue weighted by Crippen LogP contribution is -2.38. The molecule has 0 atom stereocenters. The Morgan fingerprint density at radius 2 is 1.82 bits per heavy atom. The zero-order chi connectivity index (χ0) is 15.8. The van der Waals surface area contributed by atoms with Crippen molar-refractivity contribution in [3.05, 3.63) is 30.1 Å². The van der Waals surface area contributed by atoms with E-state index >= 15 is 0 Å². The van der Waals surface area contributed by atoms with E-state index < -0.39 is 0 Å². The van der Waals surface area contributed by atoms with Gasteiger partial charge in [0.1, 0.15) is 0 Å². The van der Waals surface area contributed by atoms with Crippen LogP contribution in [-0.2, 0) is 4.79 Å². The number of halogens is 1. The topological polar surface area (TPSA) is 29.5 Å². The minimum atomic E-state index is -0.386. The Bertz CT molecular complexity index is 470. The Morgan fingerprint density at radius 1 is 1.18 bits per heavy atom. The van der Waals surface area contributed by atoms with Crippen molar-refractivity contribution in [2.45, 2.75) is 57.4 Å². The number of amides is 1. The zero-order valence-corrected chi connectivity index (χ0v) is 13.4.